The molecule has 44 valence electrons. The van der Waals surface area contributed by atoms with Gasteiger partial charge in [0.2, 0.25) is 0 Å². The van der Waals surface area contributed by atoms with Crippen molar-refractivity contribution in [3.8, 4) is 0 Å². The summed E-state index contributed by atoms with van der Waals surface area (Å²) in [6, 6.07) is 0. The Morgan fingerprint density at radius 3 is 2.62 bits per heavy atom. The molecule has 0 aromatic carbocycles. The number of aldehydes is 1. The Bertz CT molecular complexity index is 114. The average molecular weight is 112 g/mol. The predicted octanol–water partition coefficient (Wildman–Crippen LogP) is 0.721. The zero-order valence-corrected chi connectivity index (χ0v) is 4.76. The van der Waals surface area contributed by atoms with Crippen molar-refractivity contribution in [1.82, 2.24) is 0 Å². The molecule has 0 amide bonds. The van der Waals surface area contributed by atoms with E-state index in [0.717, 1.165) is 0 Å². The van der Waals surface area contributed by atoms with Crippen LogP contribution in [0.15, 0.2) is 12.2 Å². The minimum absolute atomic E-state index is 0.0166. The number of rotatable bonds is 3. The first kappa shape index (κ1) is 7.08. The third-order valence-electron chi connectivity index (χ3n) is 0.709. The summed E-state index contributed by atoms with van der Waals surface area (Å²) in [7, 11) is 0. The summed E-state index contributed by atoms with van der Waals surface area (Å²) in [4.78, 5) is 19.9. The fourth-order valence-electron chi connectivity index (χ4n) is 0.264. The van der Waals surface area contributed by atoms with Crippen molar-refractivity contribution in [3.05, 3.63) is 12.2 Å². The van der Waals surface area contributed by atoms with Crippen molar-refractivity contribution < 1.29 is 9.59 Å². The summed E-state index contributed by atoms with van der Waals surface area (Å²) >= 11 is 0. The van der Waals surface area contributed by atoms with Crippen LogP contribution in [0.1, 0.15) is 13.3 Å². The number of ketones is 1. The Kier molecular flexibility index (Phi) is 3.76. The number of carbonyl (C=O) groups is 2. The molecular weight excluding hydrogens is 104 g/mol. The monoisotopic (exact) mass is 112 g/mol. The molecule has 0 N–H and O–H groups in total. The molecule has 0 atom stereocenters. The standard InChI is InChI=1S/C6H8O2/c1-2-6(8)4-3-5-7/h3-5H,2H2,1H3/b4-3-. The van der Waals surface area contributed by atoms with Gasteiger partial charge in [-0.2, -0.15) is 0 Å². The largest absolute Gasteiger partial charge is 0.299 e. The van der Waals surface area contributed by atoms with Gasteiger partial charge in [-0.15, -0.1) is 0 Å². The van der Waals surface area contributed by atoms with E-state index in [2.05, 4.69) is 0 Å². The lowest BCUT2D eigenvalue weighted by Gasteiger charge is -1.77. The maximum Gasteiger partial charge on any atom is 0.155 e. The van der Waals surface area contributed by atoms with Crippen LogP contribution in [0.25, 0.3) is 0 Å². The number of hydrogen-bond acceptors (Lipinski definition) is 2. The Morgan fingerprint density at radius 2 is 2.25 bits per heavy atom. The highest BCUT2D eigenvalue weighted by Crippen LogP contribution is 1.79. The van der Waals surface area contributed by atoms with Crippen molar-refractivity contribution in [1.29, 1.82) is 0 Å². The zero-order valence-electron chi connectivity index (χ0n) is 4.76. The van der Waals surface area contributed by atoms with Gasteiger partial charge in [-0.3, -0.25) is 9.59 Å². The lowest BCUT2D eigenvalue weighted by Crippen LogP contribution is -1.86. The highest BCUT2D eigenvalue weighted by atomic mass is 16.1. The van der Waals surface area contributed by atoms with Crippen molar-refractivity contribution in [2.75, 3.05) is 0 Å². The van der Waals surface area contributed by atoms with Gasteiger partial charge in [0.1, 0.15) is 6.29 Å². The Balaban J connectivity index is 3.52. The van der Waals surface area contributed by atoms with Crippen LogP contribution in [-0.2, 0) is 9.59 Å². The van der Waals surface area contributed by atoms with Gasteiger partial charge in [0.15, 0.2) is 5.78 Å². The van der Waals surface area contributed by atoms with Gasteiger partial charge in [-0.25, -0.2) is 0 Å². The molecule has 0 bridgehead atoms. The molecule has 0 unspecified atom stereocenters. The second-order valence-electron chi connectivity index (χ2n) is 1.32. The molecule has 0 radical (unpaired) electrons. The lowest BCUT2D eigenvalue weighted by molar-refractivity contribution is -0.114. The first-order valence-corrected chi connectivity index (χ1v) is 2.46. The van der Waals surface area contributed by atoms with Crippen molar-refractivity contribution >= 4 is 12.1 Å². The molecule has 2 heteroatoms. The van der Waals surface area contributed by atoms with Crippen LogP contribution < -0.4 is 0 Å². The summed E-state index contributed by atoms with van der Waals surface area (Å²) in [5.41, 5.74) is 0. The summed E-state index contributed by atoms with van der Waals surface area (Å²) in [5.74, 6) is -0.0166. The van der Waals surface area contributed by atoms with E-state index in [1.54, 1.807) is 6.92 Å². The van der Waals surface area contributed by atoms with E-state index in [1.165, 1.54) is 12.2 Å². The van der Waals surface area contributed by atoms with Crippen LogP contribution in [0.2, 0.25) is 0 Å². The van der Waals surface area contributed by atoms with Crippen molar-refractivity contribution in [2.45, 2.75) is 13.3 Å². The summed E-state index contributed by atoms with van der Waals surface area (Å²) in [6.07, 6.45) is 3.52. The Morgan fingerprint density at radius 1 is 1.62 bits per heavy atom. The average Bonchev–Trinajstić information content (AvgIpc) is 1.83. The molecule has 0 rings (SSSR count). The van der Waals surface area contributed by atoms with Gasteiger partial charge >= 0.3 is 0 Å². The molecule has 0 heterocycles. The molecular formula is C6H8O2. The highest BCUT2D eigenvalue weighted by molar-refractivity contribution is 5.92. The lowest BCUT2D eigenvalue weighted by atomic mass is 10.3. The summed E-state index contributed by atoms with van der Waals surface area (Å²) in [5, 5.41) is 0. The van der Waals surface area contributed by atoms with Crippen LogP contribution in [0.3, 0.4) is 0 Å². The molecule has 0 spiro atoms. The van der Waals surface area contributed by atoms with E-state index < -0.39 is 0 Å². The SMILES string of the molecule is CCC(=O)/C=C\C=O. The molecule has 2 nitrogen and oxygen atoms in total. The van der Waals surface area contributed by atoms with E-state index in [-0.39, 0.29) is 5.78 Å². The molecule has 0 fully saturated rings. The van der Waals surface area contributed by atoms with Crippen LogP contribution in [0, 0.1) is 0 Å². The molecule has 0 saturated heterocycles. The molecule has 0 aromatic heterocycles. The molecule has 8 heavy (non-hydrogen) atoms. The minimum Gasteiger partial charge on any atom is -0.299 e. The third-order valence-corrected chi connectivity index (χ3v) is 0.709. The zero-order chi connectivity index (χ0) is 6.41. The quantitative estimate of drug-likeness (QED) is 0.398. The molecule has 0 aliphatic rings. The van der Waals surface area contributed by atoms with Crippen molar-refractivity contribution in [3.63, 3.8) is 0 Å². The van der Waals surface area contributed by atoms with Gasteiger partial charge in [0.25, 0.3) is 0 Å². The fourth-order valence-corrected chi connectivity index (χ4v) is 0.264. The van der Waals surface area contributed by atoms with Gasteiger partial charge in [-0.05, 0) is 12.2 Å². The minimum atomic E-state index is -0.0166. The van der Waals surface area contributed by atoms with E-state index in [1.807, 2.05) is 0 Å². The first-order chi connectivity index (χ1) is 3.81. The third kappa shape index (κ3) is 3.28. The van der Waals surface area contributed by atoms with Gasteiger partial charge < -0.3 is 0 Å². The van der Waals surface area contributed by atoms with E-state index in [9.17, 15) is 9.59 Å². The first-order valence-electron chi connectivity index (χ1n) is 2.46. The topological polar surface area (TPSA) is 34.1 Å². The second-order valence-corrected chi connectivity index (χ2v) is 1.32. The smallest absolute Gasteiger partial charge is 0.155 e. The van der Waals surface area contributed by atoms with E-state index in [4.69, 9.17) is 0 Å². The van der Waals surface area contributed by atoms with E-state index in [0.29, 0.717) is 12.7 Å². The molecule has 0 aliphatic carbocycles. The van der Waals surface area contributed by atoms with Crippen molar-refractivity contribution in [2.24, 2.45) is 0 Å². The Hall–Kier alpha value is -0.920. The molecule has 0 aromatic rings. The van der Waals surface area contributed by atoms with Crippen LogP contribution in [0.4, 0.5) is 0 Å². The highest BCUT2D eigenvalue weighted by Gasteiger charge is 1.85. The van der Waals surface area contributed by atoms with Crippen LogP contribution >= 0.6 is 0 Å². The molecule has 0 aliphatic heterocycles. The van der Waals surface area contributed by atoms with Gasteiger partial charge in [0, 0.05) is 6.42 Å². The maximum atomic E-state index is 10.3. The number of allylic oxidation sites excluding steroid dienone is 2. The van der Waals surface area contributed by atoms with Crippen LogP contribution in [0.5, 0.6) is 0 Å². The second kappa shape index (κ2) is 4.24. The Labute approximate surface area is 48.2 Å². The predicted molar refractivity (Wildman–Crippen MR) is 30.5 cm³/mol. The van der Waals surface area contributed by atoms with Gasteiger partial charge in [0.05, 0.1) is 0 Å². The molecule has 0 saturated carbocycles. The summed E-state index contributed by atoms with van der Waals surface area (Å²) < 4.78 is 0. The summed E-state index contributed by atoms with van der Waals surface area (Å²) in [6.45, 7) is 1.75. The normalized spacial score (nSPS) is 9.62. The fraction of sp³-hybridized carbons (Fsp3) is 0.333. The number of hydrogen-bond donors (Lipinski definition) is 0. The van der Waals surface area contributed by atoms with E-state index >= 15 is 0 Å². The van der Waals surface area contributed by atoms with Gasteiger partial charge in [-0.1, -0.05) is 6.92 Å². The maximum absolute atomic E-state index is 10.3. The number of carbonyl (C=O) groups excluding carboxylic acids is 2. The van der Waals surface area contributed by atoms with Crippen LogP contribution in [-0.4, -0.2) is 12.1 Å².